The summed E-state index contributed by atoms with van der Waals surface area (Å²) in [5.41, 5.74) is 0.347. The van der Waals surface area contributed by atoms with Crippen LogP contribution in [0.1, 0.15) is 39.2 Å². The highest BCUT2D eigenvalue weighted by atomic mass is 79.9. The van der Waals surface area contributed by atoms with Gasteiger partial charge in [-0.05, 0) is 45.2 Å². The standard InChI is InChI=1S/C20H28BrN3O4/c1-20(2,3)28-19(27)22-13-18(26)24-10-8-15(9-11-24)23-17(25)12-14-6-4-5-7-16(14)21/h4-7,15H,8-13H2,1-3H3,(H,22,27)(H,23,25). The topological polar surface area (TPSA) is 87.7 Å². The Kier molecular flexibility index (Phi) is 7.86. The minimum Gasteiger partial charge on any atom is -0.444 e. The minimum atomic E-state index is -0.602. The van der Waals surface area contributed by atoms with Crippen LogP contribution in [0.3, 0.4) is 0 Å². The molecule has 2 N–H and O–H groups in total. The molecule has 154 valence electrons. The number of carbonyl (C=O) groups is 3. The Morgan fingerprint density at radius 3 is 2.43 bits per heavy atom. The Morgan fingerprint density at radius 2 is 1.82 bits per heavy atom. The molecular weight excluding hydrogens is 426 g/mol. The lowest BCUT2D eigenvalue weighted by Crippen LogP contribution is -2.49. The van der Waals surface area contributed by atoms with Crippen molar-refractivity contribution in [1.82, 2.24) is 15.5 Å². The predicted octanol–water partition coefficient (Wildman–Crippen LogP) is 2.62. The van der Waals surface area contributed by atoms with E-state index in [1.54, 1.807) is 25.7 Å². The van der Waals surface area contributed by atoms with E-state index in [4.69, 9.17) is 4.74 Å². The summed E-state index contributed by atoms with van der Waals surface area (Å²) in [7, 11) is 0. The van der Waals surface area contributed by atoms with Crippen LogP contribution in [0.4, 0.5) is 4.79 Å². The van der Waals surface area contributed by atoms with E-state index in [2.05, 4.69) is 26.6 Å². The molecule has 2 rings (SSSR count). The quantitative estimate of drug-likeness (QED) is 0.716. The molecule has 1 fully saturated rings. The van der Waals surface area contributed by atoms with Gasteiger partial charge in [-0.3, -0.25) is 9.59 Å². The van der Waals surface area contributed by atoms with Crippen molar-refractivity contribution in [2.45, 2.75) is 51.7 Å². The second-order valence-corrected chi connectivity index (χ2v) is 8.70. The van der Waals surface area contributed by atoms with Gasteiger partial charge in [0.05, 0.1) is 6.42 Å². The number of carbonyl (C=O) groups excluding carboxylic acids is 3. The summed E-state index contributed by atoms with van der Waals surface area (Å²) in [4.78, 5) is 37.8. The molecule has 0 radical (unpaired) electrons. The van der Waals surface area contributed by atoms with Crippen molar-refractivity contribution in [3.8, 4) is 0 Å². The number of halogens is 1. The molecule has 3 amide bonds. The molecule has 1 aliphatic rings. The van der Waals surface area contributed by atoms with Crippen molar-refractivity contribution < 1.29 is 19.1 Å². The number of hydrogen-bond acceptors (Lipinski definition) is 4. The summed E-state index contributed by atoms with van der Waals surface area (Å²) in [6.45, 7) is 6.31. The van der Waals surface area contributed by atoms with Crippen molar-refractivity contribution in [2.24, 2.45) is 0 Å². The maximum atomic E-state index is 12.3. The number of alkyl carbamates (subject to hydrolysis) is 1. The number of likely N-dealkylation sites (tertiary alicyclic amines) is 1. The molecular formula is C20H28BrN3O4. The number of piperidine rings is 1. The molecule has 1 aromatic carbocycles. The number of ether oxygens (including phenoxy) is 1. The highest BCUT2D eigenvalue weighted by molar-refractivity contribution is 9.10. The Bertz CT molecular complexity index is 710. The van der Waals surface area contributed by atoms with Crippen LogP contribution in [0.25, 0.3) is 0 Å². The van der Waals surface area contributed by atoms with Crippen LogP contribution in [-0.2, 0) is 20.7 Å². The normalized spacial score (nSPS) is 15.1. The van der Waals surface area contributed by atoms with Crippen LogP contribution < -0.4 is 10.6 Å². The van der Waals surface area contributed by atoms with E-state index in [9.17, 15) is 14.4 Å². The van der Waals surface area contributed by atoms with Crippen LogP contribution in [0.5, 0.6) is 0 Å². The zero-order chi connectivity index (χ0) is 20.7. The summed E-state index contributed by atoms with van der Waals surface area (Å²) in [6.07, 6.45) is 1.11. The van der Waals surface area contributed by atoms with Crippen molar-refractivity contribution in [2.75, 3.05) is 19.6 Å². The van der Waals surface area contributed by atoms with Gasteiger partial charge in [0.15, 0.2) is 0 Å². The van der Waals surface area contributed by atoms with Crippen LogP contribution >= 0.6 is 15.9 Å². The maximum Gasteiger partial charge on any atom is 0.408 e. The van der Waals surface area contributed by atoms with Crippen LogP contribution in [0, 0.1) is 0 Å². The first-order valence-electron chi connectivity index (χ1n) is 9.41. The van der Waals surface area contributed by atoms with E-state index in [0.717, 1.165) is 10.0 Å². The number of nitrogens with zero attached hydrogens (tertiary/aromatic N) is 1. The zero-order valence-corrected chi connectivity index (χ0v) is 18.2. The van der Waals surface area contributed by atoms with Gasteiger partial charge in [0.25, 0.3) is 0 Å². The largest absolute Gasteiger partial charge is 0.444 e. The molecule has 0 atom stereocenters. The highest BCUT2D eigenvalue weighted by Crippen LogP contribution is 2.17. The van der Waals surface area contributed by atoms with Gasteiger partial charge in [0, 0.05) is 23.6 Å². The molecule has 0 aliphatic carbocycles. The van der Waals surface area contributed by atoms with Crippen LogP contribution in [0.15, 0.2) is 28.7 Å². The molecule has 1 heterocycles. The first-order chi connectivity index (χ1) is 13.1. The summed E-state index contributed by atoms with van der Waals surface area (Å²) < 4.78 is 6.04. The Labute approximate surface area is 174 Å². The molecule has 0 unspecified atom stereocenters. The number of amides is 3. The zero-order valence-electron chi connectivity index (χ0n) is 16.6. The van der Waals surface area contributed by atoms with Gasteiger partial charge in [-0.25, -0.2) is 4.79 Å². The Hall–Kier alpha value is -2.09. The molecule has 1 aliphatic heterocycles. The Morgan fingerprint density at radius 1 is 1.18 bits per heavy atom. The predicted molar refractivity (Wildman–Crippen MR) is 110 cm³/mol. The first-order valence-corrected chi connectivity index (χ1v) is 10.2. The number of benzene rings is 1. The second-order valence-electron chi connectivity index (χ2n) is 7.85. The Balaban J connectivity index is 1.70. The lowest BCUT2D eigenvalue weighted by Gasteiger charge is -2.32. The number of nitrogens with one attached hydrogen (secondary N) is 2. The smallest absolute Gasteiger partial charge is 0.408 e. The van der Waals surface area contributed by atoms with Crippen molar-refractivity contribution in [3.63, 3.8) is 0 Å². The van der Waals surface area contributed by atoms with Gasteiger partial charge < -0.3 is 20.3 Å². The third-order valence-corrected chi connectivity index (χ3v) is 5.08. The molecule has 1 aromatic rings. The van der Waals surface area contributed by atoms with Gasteiger partial charge in [0.1, 0.15) is 12.1 Å². The molecule has 0 spiro atoms. The SMILES string of the molecule is CC(C)(C)OC(=O)NCC(=O)N1CCC(NC(=O)Cc2ccccc2Br)CC1. The van der Waals surface area contributed by atoms with Crippen molar-refractivity contribution in [3.05, 3.63) is 34.3 Å². The van der Waals surface area contributed by atoms with Gasteiger partial charge >= 0.3 is 6.09 Å². The summed E-state index contributed by atoms with van der Waals surface area (Å²) in [6, 6.07) is 7.71. The fourth-order valence-corrected chi connectivity index (χ4v) is 3.37. The molecule has 7 nitrogen and oxygen atoms in total. The molecule has 0 bridgehead atoms. The van der Waals surface area contributed by atoms with Crippen LogP contribution in [-0.4, -0.2) is 54.1 Å². The monoisotopic (exact) mass is 453 g/mol. The molecule has 0 aromatic heterocycles. The molecule has 1 saturated heterocycles. The molecule has 28 heavy (non-hydrogen) atoms. The number of hydrogen-bond donors (Lipinski definition) is 2. The van der Waals surface area contributed by atoms with E-state index in [1.807, 2.05) is 24.3 Å². The fourth-order valence-electron chi connectivity index (χ4n) is 2.94. The molecule has 8 heteroatoms. The summed E-state index contributed by atoms with van der Waals surface area (Å²) in [5.74, 6) is -0.174. The van der Waals surface area contributed by atoms with E-state index in [1.165, 1.54) is 0 Å². The lowest BCUT2D eigenvalue weighted by atomic mass is 10.0. The van der Waals surface area contributed by atoms with Crippen molar-refractivity contribution in [1.29, 1.82) is 0 Å². The average molecular weight is 454 g/mol. The third-order valence-electron chi connectivity index (χ3n) is 4.30. The van der Waals surface area contributed by atoms with Gasteiger partial charge in [-0.15, -0.1) is 0 Å². The lowest BCUT2D eigenvalue weighted by molar-refractivity contribution is -0.131. The second kappa shape index (κ2) is 9.91. The van der Waals surface area contributed by atoms with Crippen LogP contribution in [0.2, 0.25) is 0 Å². The third kappa shape index (κ3) is 7.50. The highest BCUT2D eigenvalue weighted by Gasteiger charge is 2.25. The van der Waals surface area contributed by atoms with Gasteiger partial charge in [-0.1, -0.05) is 34.1 Å². The number of rotatable bonds is 5. The van der Waals surface area contributed by atoms with Crippen molar-refractivity contribution >= 4 is 33.8 Å². The van der Waals surface area contributed by atoms with Gasteiger partial charge in [0.2, 0.25) is 11.8 Å². The van der Waals surface area contributed by atoms with E-state index >= 15 is 0 Å². The van der Waals surface area contributed by atoms with E-state index < -0.39 is 11.7 Å². The average Bonchev–Trinajstić information content (AvgIpc) is 2.61. The van der Waals surface area contributed by atoms with Gasteiger partial charge in [-0.2, -0.15) is 0 Å². The van der Waals surface area contributed by atoms with E-state index in [-0.39, 0.29) is 24.4 Å². The summed E-state index contributed by atoms with van der Waals surface area (Å²) >= 11 is 3.45. The maximum absolute atomic E-state index is 12.3. The molecule has 0 saturated carbocycles. The first kappa shape index (κ1) is 22.2. The minimum absolute atomic E-state index is 0.0248. The van der Waals surface area contributed by atoms with E-state index in [0.29, 0.717) is 32.4 Å². The fraction of sp³-hybridized carbons (Fsp3) is 0.550. The summed E-state index contributed by atoms with van der Waals surface area (Å²) in [5, 5.41) is 5.53.